The molecule has 1 heterocycles. The molecule has 0 N–H and O–H groups in total. The third-order valence-corrected chi connectivity index (χ3v) is 6.41. The number of hydrogen-bond donors (Lipinski definition) is 0. The van der Waals surface area contributed by atoms with Gasteiger partial charge in [-0.15, -0.1) is 0 Å². The Hall–Kier alpha value is -2.05. The molecular formula is C19H23NO4S. The molecule has 0 amide bonds. The van der Waals surface area contributed by atoms with E-state index in [9.17, 15) is 8.42 Å². The quantitative estimate of drug-likeness (QED) is 0.792. The van der Waals surface area contributed by atoms with E-state index in [0.29, 0.717) is 25.4 Å². The first-order chi connectivity index (χ1) is 12.1. The van der Waals surface area contributed by atoms with E-state index in [-0.39, 0.29) is 10.8 Å². The summed E-state index contributed by atoms with van der Waals surface area (Å²) >= 11 is 0. The highest BCUT2D eigenvalue weighted by Gasteiger charge is 2.34. The molecule has 6 heteroatoms. The van der Waals surface area contributed by atoms with Crippen LogP contribution in [0.25, 0.3) is 0 Å². The van der Waals surface area contributed by atoms with Crippen LogP contribution in [0.1, 0.15) is 24.8 Å². The van der Waals surface area contributed by atoms with Gasteiger partial charge in [-0.1, -0.05) is 24.3 Å². The molecule has 0 spiro atoms. The molecule has 3 rings (SSSR count). The Bertz CT molecular complexity index is 818. The summed E-state index contributed by atoms with van der Waals surface area (Å²) in [6.07, 6.45) is 0.808. The predicted octanol–water partition coefficient (Wildman–Crippen LogP) is 3.27. The van der Waals surface area contributed by atoms with Gasteiger partial charge in [0.05, 0.1) is 13.7 Å². The summed E-state index contributed by atoms with van der Waals surface area (Å²) in [4.78, 5) is 0.243. The van der Waals surface area contributed by atoms with Crippen molar-refractivity contribution in [1.82, 2.24) is 4.31 Å². The van der Waals surface area contributed by atoms with Crippen molar-refractivity contribution < 1.29 is 17.9 Å². The Balaban J connectivity index is 1.80. The average molecular weight is 361 g/mol. The number of rotatable bonds is 6. The molecule has 0 radical (unpaired) electrons. The summed E-state index contributed by atoms with van der Waals surface area (Å²) in [5, 5.41) is 0. The minimum atomic E-state index is -3.56. The Labute approximate surface area is 149 Å². The van der Waals surface area contributed by atoms with E-state index in [0.717, 1.165) is 17.7 Å². The van der Waals surface area contributed by atoms with E-state index in [4.69, 9.17) is 9.47 Å². The summed E-state index contributed by atoms with van der Waals surface area (Å²) in [7, 11) is -1.93. The largest absolute Gasteiger partial charge is 0.497 e. The number of ether oxygens (including phenoxy) is 2. The molecule has 1 unspecified atom stereocenters. The van der Waals surface area contributed by atoms with Gasteiger partial charge in [0, 0.05) is 13.1 Å². The van der Waals surface area contributed by atoms with E-state index in [1.807, 2.05) is 31.2 Å². The molecular weight excluding hydrogens is 338 g/mol. The lowest BCUT2D eigenvalue weighted by Gasteiger charge is -2.19. The number of para-hydroxylation sites is 1. The zero-order chi connectivity index (χ0) is 17.9. The molecule has 2 aromatic carbocycles. The first-order valence-corrected chi connectivity index (χ1v) is 9.86. The van der Waals surface area contributed by atoms with E-state index in [1.54, 1.807) is 35.7 Å². The third kappa shape index (κ3) is 3.65. The fraction of sp³-hybridized carbons (Fsp3) is 0.368. The van der Waals surface area contributed by atoms with Gasteiger partial charge in [0.25, 0.3) is 0 Å². The topological polar surface area (TPSA) is 55.8 Å². The average Bonchev–Trinajstić information content (AvgIpc) is 3.13. The summed E-state index contributed by atoms with van der Waals surface area (Å²) in [5.41, 5.74) is 1.14. The molecule has 0 saturated carbocycles. The van der Waals surface area contributed by atoms with Crippen LogP contribution in [0.2, 0.25) is 0 Å². The molecule has 5 nitrogen and oxygen atoms in total. The number of nitrogens with zero attached hydrogens (tertiary/aromatic N) is 1. The van der Waals surface area contributed by atoms with Crippen LogP contribution in [0.3, 0.4) is 0 Å². The lowest BCUT2D eigenvalue weighted by Crippen LogP contribution is -2.29. The van der Waals surface area contributed by atoms with Gasteiger partial charge < -0.3 is 9.47 Å². The van der Waals surface area contributed by atoms with Crippen molar-refractivity contribution in [3.05, 3.63) is 54.1 Å². The lowest BCUT2D eigenvalue weighted by molar-refractivity contribution is 0.329. The normalized spacial score (nSPS) is 18.2. The number of methoxy groups -OCH3 is 1. The second-order valence-electron chi connectivity index (χ2n) is 6.00. The smallest absolute Gasteiger partial charge is 0.246 e. The Morgan fingerprint density at radius 2 is 1.84 bits per heavy atom. The maximum atomic E-state index is 13.0. The van der Waals surface area contributed by atoms with Crippen molar-refractivity contribution in [3.63, 3.8) is 0 Å². The van der Waals surface area contributed by atoms with Crippen LogP contribution in [0.15, 0.2) is 53.4 Å². The highest BCUT2D eigenvalue weighted by atomic mass is 32.2. The third-order valence-electron chi connectivity index (χ3n) is 4.51. The van der Waals surface area contributed by atoms with Crippen LogP contribution < -0.4 is 9.47 Å². The molecule has 1 aliphatic rings. The van der Waals surface area contributed by atoms with Crippen LogP contribution in [-0.2, 0) is 10.0 Å². The van der Waals surface area contributed by atoms with Gasteiger partial charge >= 0.3 is 0 Å². The van der Waals surface area contributed by atoms with Crippen LogP contribution in [-0.4, -0.2) is 39.5 Å². The van der Waals surface area contributed by atoms with Gasteiger partial charge in [0.2, 0.25) is 10.0 Å². The lowest BCUT2D eigenvalue weighted by atomic mass is 9.99. The number of benzene rings is 2. The molecule has 0 aromatic heterocycles. The zero-order valence-electron chi connectivity index (χ0n) is 14.5. The second kappa shape index (κ2) is 7.45. The summed E-state index contributed by atoms with van der Waals surface area (Å²) in [6.45, 7) is 3.27. The van der Waals surface area contributed by atoms with Gasteiger partial charge in [-0.25, -0.2) is 8.42 Å². The highest BCUT2D eigenvalue weighted by molar-refractivity contribution is 7.89. The second-order valence-corrected chi connectivity index (χ2v) is 7.91. The molecule has 1 fully saturated rings. The van der Waals surface area contributed by atoms with Crippen LogP contribution in [0, 0.1) is 0 Å². The predicted molar refractivity (Wildman–Crippen MR) is 96.7 cm³/mol. The maximum absolute atomic E-state index is 13.0. The Morgan fingerprint density at radius 3 is 2.52 bits per heavy atom. The van der Waals surface area contributed by atoms with Crippen LogP contribution in [0.5, 0.6) is 11.5 Å². The van der Waals surface area contributed by atoms with Crippen molar-refractivity contribution in [2.45, 2.75) is 24.2 Å². The van der Waals surface area contributed by atoms with Crippen molar-refractivity contribution in [1.29, 1.82) is 0 Å². The van der Waals surface area contributed by atoms with Crippen molar-refractivity contribution in [2.24, 2.45) is 0 Å². The first kappa shape index (κ1) is 17.8. The van der Waals surface area contributed by atoms with Crippen molar-refractivity contribution in [3.8, 4) is 11.5 Å². The van der Waals surface area contributed by atoms with Crippen LogP contribution in [0.4, 0.5) is 0 Å². The molecule has 1 atom stereocenters. The highest BCUT2D eigenvalue weighted by Crippen LogP contribution is 2.34. The van der Waals surface area contributed by atoms with Gasteiger partial charge in [-0.05, 0) is 49.1 Å². The standard InChI is InChI=1S/C19H23NO4S/c1-3-24-18-6-4-5-7-19(18)25(21,22)20-13-12-16(14-20)15-8-10-17(23-2)11-9-15/h4-11,16H,3,12-14H2,1-2H3. The van der Waals surface area contributed by atoms with Crippen molar-refractivity contribution >= 4 is 10.0 Å². The van der Waals surface area contributed by atoms with Gasteiger partial charge in [-0.3, -0.25) is 0 Å². The molecule has 0 aliphatic carbocycles. The summed E-state index contributed by atoms with van der Waals surface area (Å²) < 4.78 is 38.3. The fourth-order valence-electron chi connectivity index (χ4n) is 3.17. The number of sulfonamides is 1. The zero-order valence-corrected chi connectivity index (χ0v) is 15.3. The van der Waals surface area contributed by atoms with E-state index in [1.165, 1.54) is 0 Å². The van der Waals surface area contributed by atoms with Gasteiger partial charge in [-0.2, -0.15) is 4.31 Å². The van der Waals surface area contributed by atoms with Gasteiger partial charge in [0.1, 0.15) is 16.4 Å². The molecule has 1 saturated heterocycles. The maximum Gasteiger partial charge on any atom is 0.246 e. The Kier molecular flexibility index (Phi) is 5.30. The molecule has 0 bridgehead atoms. The monoisotopic (exact) mass is 361 g/mol. The van der Waals surface area contributed by atoms with Gasteiger partial charge in [0.15, 0.2) is 0 Å². The van der Waals surface area contributed by atoms with Crippen LogP contribution >= 0.6 is 0 Å². The fourth-order valence-corrected chi connectivity index (χ4v) is 4.80. The first-order valence-electron chi connectivity index (χ1n) is 8.42. The molecule has 2 aromatic rings. The van der Waals surface area contributed by atoms with E-state index < -0.39 is 10.0 Å². The Morgan fingerprint density at radius 1 is 1.12 bits per heavy atom. The minimum absolute atomic E-state index is 0.194. The van der Waals surface area contributed by atoms with E-state index >= 15 is 0 Å². The summed E-state index contributed by atoms with van der Waals surface area (Å²) in [6, 6.07) is 14.7. The van der Waals surface area contributed by atoms with Crippen molar-refractivity contribution in [2.75, 3.05) is 26.8 Å². The number of hydrogen-bond acceptors (Lipinski definition) is 4. The molecule has 25 heavy (non-hydrogen) atoms. The SMILES string of the molecule is CCOc1ccccc1S(=O)(=O)N1CCC(c2ccc(OC)cc2)C1. The molecule has 1 aliphatic heterocycles. The minimum Gasteiger partial charge on any atom is -0.497 e. The van der Waals surface area contributed by atoms with E-state index in [2.05, 4.69) is 0 Å². The summed E-state index contributed by atoms with van der Waals surface area (Å²) in [5.74, 6) is 1.41. The molecule has 134 valence electrons.